The molecule has 3 heteroatoms. The molecule has 0 fully saturated rings. The molecule has 0 atom stereocenters. The molecule has 4 aromatic rings. The van der Waals surface area contributed by atoms with Crippen LogP contribution in [0.1, 0.15) is 5.56 Å². The van der Waals surface area contributed by atoms with E-state index < -0.39 is 0 Å². The van der Waals surface area contributed by atoms with E-state index in [1.165, 1.54) is 22.1 Å². The Morgan fingerprint density at radius 3 is 2.40 bits per heavy atom. The van der Waals surface area contributed by atoms with Gasteiger partial charge in [-0.05, 0) is 47.9 Å². The zero-order chi connectivity index (χ0) is 17.4. The van der Waals surface area contributed by atoms with Crippen molar-refractivity contribution >= 4 is 10.9 Å². The van der Waals surface area contributed by atoms with Crippen molar-refractivity contribution in [3.05, 3.63) is 72.3 Å². The maximum Gasteiger partial charge on any atom is 0.119 e. The highest BCUT2D eigenvalue weighted by Gasteiger charge is 2.12. The lowest BCUT2D eigenvalue weighted by Crippen LogP contribution is -1.90. The maximum atomic E-state index is 5.32. The Hall–Kier alpha value is -3.07. The third-order valence-corrected chi connectivity index (χ3v) is 4.64. The first kappa shape index (κ1) is 15.5. The van der Waals surface area contributed by atoms with Crippen molar-refractivity contribution < 1.29 is 4.74 Å². The van der Waals surface area contributed by atoms with E-state index in [-0.39, 0.29) is 0 Å². The van der Waals surface area contributed by atoms with Gasteiger partial charge in [-0.2, -0.15) is 5.10 Å². The fourth-order valence-corrected chi connectivity index (χ4v) is 3.33. The monoisotopic (exact) mass is 328 g/mol. The SMILES string of the molecule is COc1ccc(-c2ccc3c(c2)c(-c2ccccc2)nn3C)c(C)c1. The number of rotatable bonds is 3. The number of benzene rings is 3. The van der Waals surface area contributed by atoms with Gasteiger partial charge < -0.3 is 4.74 Å². The van der Waals surface area contributed by atoms with E-state index in [0.29, 0.717) is 0 Å². The second-order valence-corrected chi connectivity index (χ2v) is 6.25. The number of nitrogens with zero attached hydrogens (tertiary/aromatic N) is 2. The van der Waals surface area contributed by atoms with E-state index in [2.05, 4.69) is 49.4 Å². The molecule has 0 spiro atoms. The van der Waals surface area contributed by atoms with E-state index in [1.54, 1.807) is 7.11 Å². The number of aromatic nitrogens is 2. The van der Waals surface area contributed by atoms with Crippen molar-refractivity contribution in [2.45, 2.75) is 6.92 Å². The molecule has 3 aromatic carbocycles. The van der Waals surface area contributed by atoms with Crippen molar-refractivity contribution in [1.29, 1.82) is 0 Å². The number of ether oxygens (including phenoxy) is 1. The zero-order valence-corrected chi connectivity index (χ0v) is 14.7. The van der Waals surface area contributed by atoms with Gasteiger partial charge in [-0.1, -0.05) is 42.5 Å². The number of aryl methyl sites for hydroxylation is 2. The molecular formula is C22H20N2O. The van der Waals surface area contributed by atoms with Gasteiger partial charge in [-0.3, -0.25) is 4.68 Å². The van der Waals surface area contributed by atoms with Gasteiger partial charge in [0.1, 0.15) is 11.4 Å². The normalized spacial score (nSPS) is 11.0. The summed E-state index contributed by atoms with van der Waals surface area (Å²) in [7, 11) is 3.69. The number of fused-ring (bicyclic) bond motifs is 1. The van der Waals surface area contributed by atoms with E-state index in [0.717, 1.165) is 22.5 Å². The predicted molar refractivity (Wildman–Crippen MR) is 103 cm³/mol. The molecule has 0 N–H and O–H groups in total. The molecule has 4 rings (SSSR count). The molecule has 0 saturated heterocycles. The lowest BCUT2D eigenvalue weighted by Gasteiger charge is -2.09. The molecule has 0 saturated carbocycles. The minimum absolute atomic E-state index is 0.883. The summed E-state index contributed by atoms with van der Waals surface area (Å²) in [6.45, 7) is 2.11. The Morgan fingerprint density at radius 2 is 1.68 bits per heavy atom. The summed E-state index contributed by atoms with van der Waals surface area (Å²) in [5.74, 6) is 0.883. The van der Waals surface area contributed by atoms with Gasteiger partial charge in [0.2, 0.25) is 0 Å². The molecule has 0 aliphatic rings. The van der Waals surface area contributed by atoms with Crippen molar-refractivity contribution in [1.82, 2.24) is 9.78 Å². The van der Waals surface area contributed by atoms with E-state index in [9.17, 15) is 0 Å². The summed E-state index contributed by atoms with van der Waals surface area (Å²) < 4.78 is 7.27. The summed E-state index contributed by atoms with van der Waals surface area (Å²) in [6, 6.07) is 23.1. The van der Waals surface area contributed by atoms with Crippen molar-refractivity contribution in [3.63, 3.8) is 0 Å². The summed E-state index contributed by atoms with van der Waals surface area (Å²) in [5, 5.41) is 5.91. The highest BCUT2D eigenvalue weighted by molar-refractivity contribution is 5.96. The lowest BCUT2D eigenvalue weighted by atomic mass is 9.98. The summed E-state index contributed by atoms with van der Waals surface area (Å²) in [6.07, 6.45) is 0. The Morgan fingerprint density at radius 1 is 0.880 bits per heavy atom. The van der Waals surface area contributed by atoms with Gasteiger partial charge in [0.25, 0.3) is 0 Å². The summed E-state index contributed by atoms with van der Waals surface area (Å²) >= 11 is 0. The van der Waals surface area contributed by atoms with Crippen molar-refractivity contribution in [2.75, 3.05) is 7.11 Å². The first-order valence-corrected chi connectivity index (χ1v) is 8.34. The van der Waals surface area contributed by atoms with E-state index in [4.69, 9.17) is 9.84 Å². The van der Waals surface area contributed by atoms with Crippen LogP contribution in [0.15, 0.2) is 66.7 Å². The third-order valence-electron chi connectivity index (χ3n) is 4.64. The van der Waals surface area contributed by atoms with Crippen LogP contribution in [0.3, 0.4) is 0 Å². The molecule has 1 heterocycles. The molecule has 0 aliphatic carbocycles. The Labute approximate surface area is 147 Å². The quantitative estimate of drug-likeness (QED) is 0.515. The van der Waals surface area contributed by atoms with Crippen LogP contribution >= 0.6 is 0 Å². The standard InChI is InChI=1S/C22H20N2O/c1-15-13-18(25-3)10-11-19(15)17-9-12-21-20(14-17)22(23-24(21)2)16-7-5-4-6-8-16/h4-14H,1-3H3. The Bertz CT molecular complexity index is 1050. The smallest absolute Gasteiger partial charge is 0.119 e. The molecular weight excluding hydrogens is 308 g/mol. The number of hydrogen-bond acceptors (Lipinski definition) is 2. The first-order valence-electron chi connectivity index (χ1n) is 8.34. The van der Waals surface area contributed by atoms with Gasteiger partial charge in [-0.15, -0.1) is 0 Å². The minimum atomic E-state index is 0.883. The molecule has 0 bridgehead atoms. The topological polar surface area (TPSA) is 27.1 Å². The summed E-state index contributed by atoms with van der Waals surface area (Å²) in [5.41, 5.74) is 6.89. The van der Waals surface area contributed by atoms with Gasteiger partial charge in [0.15, 0.2) is 0 Å². The molecule has 0 unspecified atom stereocenters. The van der Waals surface area contributed by atoms with Crippen LogP contribution in [-0.2, 0) is 7.05 Å². The largest absolute Gasteiger partial charge is 0.497 e. The molecule has 124 valence electrons. The van der Waals surface area contributed by atoms with Crippen molar-refractivity contribution in [3.8, 4) is 28.1 Å². The van der Waals surface area contributed by atoms with Crippen LogP contribution in [-0.4, -0.2) is 16.9 Å². The lowest BCUT2D eigenvalue weighted by molar-refractivity contribution is 0.414. The molecule has 1 aromatic heterocycles. The second-order valence-electron chi connectivity index (χ2n) is 6.25. The highest BCUT2D eigenvalue weighted by Crippen LogP contribution is 2.33. The van der Waals surface area contributed by atoms with Gasteiger partial charge in [-0.25, -0.2) is 0 Å². The zero-order valence-electron chi connectivity index (χ0n) is 14.7. The molecule has 25 heavy (non-hydrogen) atoms. The van der Waals surface area contributed by atoms with Crippen LogP contribution in [0.25, 0.3) is 33.3 Å². The van der Waals surface area contributed by atoms with Crippen LogP contribution in [0.5, 0.6) is 5.75 Å². The van der Waals surface area contributed by atoms with Crippen LogP contribution in [0.4, 0.5) is 0 Å². The van der Waals surface area contributed by atoms with E-state index >= 15 is 0 Å². The van der Waals surface area contributed by atoms with Crippen LogP contribution in [0, 0.1) is 6.92 Å². The van der Waals surface area contributed by atoms with Gasteiger partial charge in [0.05, 0.1) is 12.6 Å². The fraction of sp³-hybridized carbons (Fsp3) is 0.136. The molecule has 0 amide bonds. The molecule has 3 nitrogen and oxygen atoms in total. The van der Waals surface area contributed by atoms with Gasteiger partial charge >= 0.3 is 0 Å². The average molecular weight is 328 g/mol. The highest BCUT2D eigenvalue weighted by atomic mass is 16.5. The molecule has 0 radical (unpaired) electrons. The maximum absolute atomic E-state index is 5.32. The van der Waals surface area contributed by atoms with Gasteiger partial charge in [0, 0.05) is 18.0 Å². The Kier molecular flexibility index (Phi) is 3.77. The van der Waals surface area contributed by atoms with E-state index in [1.807, 2.05) is 36.0 Å². The Balaban J connectivity index is 1.91. The predicted octanol–water partition coefficient (Wildman–Crippen LogP) is 5.22. The second kappa shape index (κ2) is 6.10. The van der Waals surface area contributed by atoms with Crippen molar-refractivity contribution in [2.24, 2.45) is 7.05 Å². The minimum Gasteiger partial charge on any atom is -0.497 e. The molecule has 0 aliphatic heterocycles. The summed E-state index contributed by atoms with van der Waals surface area (Å²) in [4.78, 5) is 0. The van der Waals surface area contributed by atoms with Crippen LogP contribution in [0.2, 0.25) is 0 Å². The third kappa shape index (κ3) is 2.68. The first-order chi connectivity index (χ1) is 12.2. The van der Waals surface area contributed by atoms with Crippen LogP contribution < -0.4 is 4.74 Å². The fourth-order valence-electron chi connectivity index (χ4n) is 3.33. The number of methoxy groups -OCH3 is 1. The average Bonchev–Trinajstić information content (AvgIpc) is 2.98. The number of hydrogen-bond donors (Lipinski definition) is 0.